The molecule has 0 aliphatic rings. The van der Waals surface area contributed by atoms with Gasteiger partial charge in [-0.25, -0.2) is 4.79 Å². The van der Waals surface area contributed by atoms with Crippen molar-refractivity contribution in [2.24, 2.45) is 0 Å². The SMILES string of the molecule is CCCCCC(CNC(=O)Nc1c(OC)ccc2ncccc12)c1cccc(C)c1. The highest BCUT2D eigenvalue weighted by molar-refractivity contribution is 6.03. The Morgan fingerprint density at radius 3 is 2.77 bits per heavy atom. The number of urea groups is 1. The first-order chi connectivity index (χ1) is 14.6. The first-order valence-corrected chi connectivity index (χ1v) is 10.7. The molecule has 0 bridgehead atoms. The van der Waals surface area contributed by atoms with E-state index in [0.29, 0.717) is 23.9 Å². The molecule has 0 fully saturated rings. The second kappa shape index (κ2) is 10.6. The molecule has 1 heterocycles. The van der Waals surface area contributed by atoms with Crippen molar-refractivity contribution >= 4 is 22.6 Å². The Balaban J connectivity index is 1.72. The summed E-state index contributed by atoms with van der Waals surface area (Å²) >= 11 is 0. The number of carbonyl (C=O) groups excluding carboxylic acids is 1. The molecule has 0 aliphatic carbocycles. The van der Waals surface area contributed by atoms with Crippen LogP contribution in [0, 0.1) is 6.92 Å². The Bertz CT molecular complexity index is 987. The van der Waals surface area contributed by atoms with Gasteiger partial charge < -0.3 is 15.4 Å². The zero-order chi connectivity index (χ0) is 21.3. The molecule has 1 atom stereocenters. The normalized spacial score (nSPS) is 11.8. The molecule has 3 rings (SSSR count). The molecule has 3 aromatic rings. The average Bonchev–Trinajstić information content (AvgIpc) is 2.76. The molecule has 5 nitrogen and oxygen atoms in total. The smallest absolute Gasteiger partial charge is 0.319 e. The van der Waals surface area contributed by atoms with Gasteiger partial charge in [0, 0.05) is 24.0 Å². The predicted octanol–water partition coefficient (Wildman–Crippen LogP) is 6.04. The van der Waals surface area contributed by atoms with Gasteiger partial charge in [0.2, 0.25) is 0 Å². The number of nitrogens with one attached hydrogen (secondary N) is 2. The van der Waals surface area contributed by atoms with Crippen LogP contribution in [-0.2, 0) is 0 Å². The molecule has 0 saturated heterocycles. The molecule has 0 aliphatic heterocycles. The minimum Gasteiger partial charge on any atom is -0.495 e. The number of rotatable bonds is 9. The van der Waals surface area contributed by atoms with E-state index in [1.807, 2.05) is 24.3 Å². The molecule has 30 heavy (non-hydrogen) atoms. The summed E-state index contributed by atoms with van der Waals surface area (Å²) in [6.07, 6.45) is 6.33. The molecule has 2 amide bonds. The van der Waals surface area contributed by atoms with E-state index < -0.39 is 0 Å². The van der Waals surface area contributed by atoms with E-state index in [-0.39, 0.29) is 6.03 Å². The van der Waals surface area contributed by atoms with Crippen LogP contribution >= 0.6 is 0 Å². The molecule has 2 N–H and O–H groups in total. The molecular formula is C25H31N3O2. The number of nitrogens with zero attached hydrogens (tertiary/aromatic N) is 1. The maximum Gasteiger partial charge on any atom is 0.319 e. The molecule has 2 aromatic carbocycles. The monoisotopic (exact) mass is 405 g/mol. The number of unbranched alkanes of at least 4 members (excludes halogenated alkanes) is 2. The van der Waals surface area contributed by atoms with E-state index in [9.17, 15) is 4.79 Å². The summed E-state index contributed by atoms with van der Waals surface area (Å²) in [5.74, 6) is 0.905. The van der Waals surface area contributed by atoms with Gasteiger partial charge in [-0.1, -0.05) is 56.0 Å². The molecule has 0 radical (unpaired) electrons. The molecular weight excluding hydrogens is 374 g/mol. The Hall–Kier alpha value is -3.08. The van der Waals surface area contributed by atoms with Crippen LogP contribution in [0.5, 0.6) is 5.75 Å². The number of carbonyl (C=O) groups is 1. The highest BCUT2D eigenvalue weighted by atomic mass is 16.5. The van der Waals surface area contributed by atoms with E-state index in [1.54, 1.807) is 13.3 Å². The minimum absolute atomic E-state index is 0.238. The topological polar surface area (TPSA) is 63.2 Å². The second-order valence-electron chi connectivity index (χ2n) is 7.65. The van der Waals surface area contributed by atoms with Crippen molar-refractivity contribution in [3.63, 3.8) is 0 Å². The number of amides is 2. The van der Waals surface area contributed by atoms with Gasteiger partial charge in [0.25, 0.3) is 0 Å². The molecule has 0 saturated carbocycles. The fourth-order valence-electron chi connectivity index (χ4n) is 3.76. The first kappa shape index (κ1) is 21.6. The van der Waals surface area contributed by atoms with E-state index in [1.165, 1.54) is 24.0 Å². The van der Waals surface area contributed by atoms with E-state index in [2.05, 4.69) is 53.7 Å². The number of ether oxygens (including phenoxy) is 1. The van der Waals surface area contributed by atoms with Crippen molar-refractivity contribution in [1.29, 1.82) is 0 Å². The maximum absolute atomic E-state index is 12.8. The lowest BCUT2D eigenvalue weighted by molar-refractivity contribution is 0.251. The third-order valence-corrected chi connectivity index (χ3v) is 5.38. The molecule has 5 heteroatoms. The maximum atomic E-state index is 12.8. The fraction of sp³-hybridized carbons (Fsp3) is 0.360. The number of anilines is 1. The van der Waals surface area contributed by atoms with Gasteiger partial charge in [0.1, 0.15) is 5.75 Å². The number of benzene rings is 2. The fourth-order valence-corrected chi connectivity index (χ4v) is 3.76. The summed E-state index contributed by atoms with van der Waals surface area (Å²) in [7, 11) is 1.60. The lowest BCUT2D eigenvalue weighted by Gasteiger charge is -2.20. The lowest BCUT2D eigenvalue weighted by atomic mass is 9.92. The van der Waals surface area contributed by atoms with Gasteiger partial charge in [-0.15, -0.1) is 0 Å². The first-order valence-electron chi connectivity index (χ1n) is 10.7. The Morgan fingerprint density at radius 1 is 1.13 bits per heavy atom. The van der Waals surface area contributed by atoms with Crippen LogP contribution in [0.3, 0.4) is 0 Å². The zero-order valence-electron chi connectivity index (χ0n) is 18.1. The number of fused-ring (bicyclic) bond motifs is 1. The molecule has 158 valence electrons. The molecule has 1 aromatic heterocycles. The number of aromatic nitrogens is 1. The van der Waals surface area contributed by atoms with E-state index in [0.717, 1.165) is 23.7 Å². The molecule has 1 unspecified atom stereocenters. The summed E-state index contributed by atoms with van der Waals surface area (Å²) in [5, 5.41) is 6.89. The van der Waals surface area contributed by atoms with Gasteiger partial charge in [-0.2, -0.15) is 0 Å². The van der Waals surface area contributed by atoms with Crippen molar-refractivity contribution in [2.45, 2.75) is 45.4 Å². The summed E-state index contributed by atoms with van der Waals surface area (Å²) in [5.41, 5.74) is 3.97. The largest absolute Gasteiger partial charge is 0.495 e. The second-order valence-corrected chi connectivity index (χ2v) is 7.65. The van der Waals surface area contributed by atoms with Gasteiger partial charge in [0.05, 0.1) is 18.3 Å². The van der Waals surface area contributed by atoms with Crippen molar-refractivity contribution in [3.8, 4) is 5.75 Å². The molecule has 0 spiro atoms. The third kappa shape index (κ3) is 5.50. The van der Waals surface area contributed by atoms with Crippen molar-refractivity contribution in [2.75, 3.05) is 19.0 Å². The van der Waals surface area contributed by atoms with Crippen molar-refractivity contribution in [3.05, 3.63) is 65.9 Å². The number of methoxy groups -OCH3 is 1. The Morgan fingerprint density at radius 2 is 2.00 bits per heavy atom. The zero-order valence-corrected chi connectivity index (χ0v) is 18.1. The standard InChI is InChI=1S/C25H31N3O2/c1-4-5-6-10-20(19-11-7-9-18(2)16-19)17-27-25(29)28-24-21-12-8-15-26-22(21)13-14-23(24)30-3/h7-9,11-16,20H,4-6,10,17H2,1-3H3,(H2,27,28,29). The summed E-state index contributed by atoms with van der Waals surface area (Å²) in [6, 6.07) is 15.8. The van der Waals surface area contributed by atoms with Gasteiger partial charge >= 0.3 is 6.03 Å². The summed E-state index contributed by atoms with van der Waals surface area (Å²) in [4.78, 5) is 17.1. The average molecular weight is 406 g/mol. The highest BCUT2D eigenvalue weighted by Crippen LogP contribution is 2.32. The van der Waals surface area contributed by atoms with Crippen molar-refractivity contribution in [1.82, 2.24) is 10.3 Å². The Labute approximate surface area is 178 Å². The van der Waals surface area contributed by atoms with Crippen LogP contribution in [0.25, 0.3) is 10.9 Å². The quantitative estimate of drug-likeness (QED) is 0.427. The number of pyridine rings is 1. The summed E-state index contributed by atoms with van der Waals surface area (Å²) < 4.78 is 5.46. The lowest BCUT2D eigenvalue weighted by Crippen LogP contribution is -2.32. The Kier molecular flexibility index (Phi) is 7.66. The van der Waals surface area contributed by atoms with Crippen LogP contribution in [0.15, 0.2) is 54.7 Å². The van der Waals surface area contributed by atoms with Crippen LogP contribution in [0.1, 0.15) is 49.7 Å². The van der Waals surface area contributed by atoms with Gasteiger partial charge in [-0.05, 0) is 43.2 Å². The number of hydrogen-bond acceptors (Lipinski definition) is 3. The number of hydrogen-bond donors (Lipinski definition) is 2. The van der Waals surface area contributed by atoms with Crippen LogP contribution < -0.4 is 15.4 Å². The predicted molar refractivity (Wildman–Crippen MR) is 123 cm³/mol. The third-order valence-electron chi connectivity index (χ3n) is 5.38. The minimum atomic E-state index is -0.238. The number of aryl methyl sites for hydroxylation is 1. The van der Waals surface area contributed by atoms with Gasteiger partial charge in [-0.3, -0.25) is 4.98 Å². The highest BCUT2D eigenvalue weighted by Gasteiger charge is 2.16. The van der Waals surface area contributed by atoms with E-state index in [4.69, 9.17) is 4.74 Å². The van der Waals surface area contributed by atoms with Crippen LogP contribution in [0.2, 0.25) is 0 Å². The van der Waals surface area contributed by atoms with Crippen LogP contribution in [-0.4, -0.2) is 24.7 Å². The van der Waals surface area contributed by atoms with Crippen molar-refractivity contribution < 1.29 is 9.53 Å². The van der Waals surface area contributed by atoms with Crippen LogP contribution in [0.4, 0.5) is 10.5 Å². The van der Waals surface area contributed by atoms with E-state index >= 15 is 0 Å². The van der Waals surface area contributed by atoms with Gasteiger partial charge in [0.15, 0.2) is 0 Å². The summed E-state index contributed by atoms with van der Waals surface area (Å²) in [6.45, 7) is 4.90.